The molecule has 43 heavy (non-hydrogen) atoms. The van der Waals surface area contributed by atoms with Crippen LogP contribution in [0.5, 0.6) is 17.2 Å². The third kappa shape index (κ3) is 9.44. The van der Waals surface area contributed by atoms with Crippen molar-refractivity contribution in [1.82, 2.24) is 10.3 Å². The number of nitrogens with zero attached hydrogens (tertiary/aromatic N) is 1. The maximum absolute atomic E-state index is 13.2. The van der Waals surface area contributed by atoms with Gasteiger partial charge in [-0.2, -0.15) is 13.2 Å². The molecule has 0 aliphatic carbocycles. The van der Waals surface area contributed by atoms with Gasteiger partial charge in [0.05, 0.1) is 25.9 Å². The van der Waals surface area contributed by atoms with E-state index in [4.69, 9.17) is 33.2 Å². The molecule has 1 aliphatic rings. The van der Waals surface area contributed by atoms with Gasteiger partial charge >= 0.3 is 18.1 Å². The Hall–Kier alpha value is -4.11. The number of methoxy groups -OCH3 is 1. The Balaban J connectivity index is 1.79. The van der Waals surface area contributed by atoms with Crippen molar-refractivity contribution in [2.24, 2.45) is 0 Å². The van der Waals surface area contributed by atoms with Crippen LogP contribution in [0.2, 0.25) is 0 Å². The van der Waals surface area contributed by atoms with Crippen molar-refractivity contribution in [2.45, 2.75) is 57.7 Å². The van der Waals surface area contributed by atoms with Gasteiger partial charge in [0.15, 0.2) is 29.3 Å². The minimum Gasteiger partial charge on any atom is -0.493 e. The summed E-state index contributed by atoms with van der Waals surface area (Å²) in [7, 11) is 1.33. The number of ether oxygens (including phenoxy) is 7. The van der Waals surface area contributed by atoms with E-state index in [1.165, 1.54) is 33.2 Å². The van der Waals surface area contributed by atoms with E-state index in [9.17, 15) is 27.6 Å². The number of rotatable bonds is 11. The molecule has 1 saturated heterocycles. The molecule has 12 nitrogen and oxygen atoms in total. The van der Waals surface area contributed by atoms with Crippen LogP contribution >= 0.6 is 0 Å². The summed E-state index contributed by atoms with van der Waals surface area (Å²) in [6.45, 7) is 3.97. The van der Waals surface area contributed by atoms with E-state index in [-0.39, 0.29) is 36.2 Å². The number of nitrogens with one attached hydrogen (secondary N) is 1. The molecule has 0 unspecified atom stereocenters. The van der Waals surface area contributed by atoms with Gasteiger partial charge in [-0.15, -0.1) is 0 Å². The maximum Gasteiger partial charge on any atom is 0.416 e. The number of hydrogen-bond acceptors (Lipinski definition) is 11. The Kier molecular flexibility index (Phi) is 11.9. The molecular weight excluding hydrogens is 581 g/mol. The number of esters is 2. The average molecular weight is 615 g/mol. The molecule has 1 aromatic heterocycles. The monoisotopic (exact) mass is 614 g/mol. The highest BCUT2D eigenvalue weighted by Crippen LogP contribution is 2.32. The Labute approximate surface area is 245 Å². The number of amides is 1. The third-order valence-corrected chi connectivity index (χ3v) is 6.05. The van der Waals surface area contributed by atoms with E-state index in [0.717, 1.165) is 24.3 Å². The standard InChI is InChI=1S/C28H33F3N2O10/c1-5-12-39-22-14-38-13-20(33-26(35)23-25(41-15-40-17(3)34)21(37-4)10-11-32-23)27(36)42-16(2)24(22)43-19-8-6-18(7-9-19)28(29,30)31/h6-11,16,20,22,24H,5,12-15H2,1-4H3,(H,33,35)/t16-,20-,22-,24-/m0/s1. The van der Waals surface area contributed by atoms with Crippen LogP contribution in [0.15, 0.2) is 36.5 Å². The first-order valence-corrected chi connectivity index (χ1v) is 13.3. The SMILES string of the molecule is CCCO[C@H]1COC[C@H](NC(=O)c2nccc(OC)c2OCOC(C)=O)C(=O)O[C@@H](C)[C@@H]1Oc1ccc(C(F)(F)F)cc1. The molecule has 2 heterocycles. The van der Waals surface area contributed by atoms with Gasteiger partial charge in [-0.3, -0.25) is 9.59 Å². The summed E-state index contributed by atoms with van der Waals surface area (Å²) >= 11 is 0. The quantitative estimate of drug-likeness (QED) is 0.294. The first-order valence-electron chi connectivity index (χ1n) is 13.3. The summed E-state index contributed by atoms with van der Waals surface area (Å²) in [5, 5.41) is 2.50. The van der Waals surface area contributed by atoms with Crippen LogP contribution in [-0.4, -0.2) is 80.9 Å². The van der Waals surface area contributed by atoms with Crippen molar-refractivity contribution >= 4 is 17.8 Å². The van der Waals surface area contributed by atoms with Gasteiger partial charge in [-0.1, -0.05) is 6.92 Å². The molecule has 4 atom stereocenters. The topological polar surface area (TPSA) is 141 Å². The molecule has 1 aliphatic heterocycles. The lowest BCUT2D eigenvalue weighted by molar-refractivity contribution is -0.159. The van der Waals surface area contributed by atoms with Crippen molar-refractivity contribution in [3.05, 3.63) is 47.8 Å². The molecule has 0 radical (unpaired) electrons. The number of halogens is 3. The highest BCUT2D eigenvalue weighted by molar-refractivity contribution is 5.98. The zero-order valence-electron chi connectivity index (χ0n) is 24.0. The zero-order chi connectivity index (χ0) is 31.6. The summed E-state index contributed by atoms with van der Waals surface area (Å²) < 4.78 is 77.6. The van der Waals surface area contributed by atoms with Gasteiger partial charge in [0.2, 0.25) is 6.79 Å². The van der Waals surface area contributed by atoms with E-state index in [1.807, 2.05) is 6.92 Å². The number of aromatic nitrogens is 1. The van der Waals surface area contributed by atoms with Gasteiger partial charge < -0.3 is 38.5 Å². The van der Waals surface area contributed by atoms with Gasteiger partial charge in [0.25, 0.3) is 5.91 Å². The van der Waals surface area contributed by atoms with Gasteiger partial charge in [0, 0.05) is 25.8 Å². The van der Waals surface area contributed by atoms with Crippen LogP contribution in [0.25, 0.3) is 0 Å². The predicted octanol–water partition coefficient (Wildman–Crippen LogP) is 3.31. The van der Waals surface area contributed by atoms with Crippen molar-refractivity contribution in [3.63, 3.8) is 0 Å². The van der Waals surface area contributed by atoms with Crippen LogP contribution in [0.3, 0.4) is 0 Å². The summed E-state index contributed by atoms with van der Waals surface area (Å²) in [6.07, 6.45) is -5.31. The van der Waals surface area contributed by atoms with Crippen LogP contribution < -0.4 is 19.5 Å². The van der Waals surface area contributed by atoms with Gasteiger partial charge in [-0.25, -0.2) is 9.78 Å². The van der Waals surface area contributed by atoms with Crippen LogP contribution in [0.1, 0.15) is 43.2 Å². The molecule has 0 spiro atoms. The molecule has 1 amide bonds. The molecule has 236 valence electrons. The molecule has 0 bridgehead atoms. The number of hydrogen-bond donors (Lipinski definition) is 1. The lowest BCUT2D eigenvalue weighted by Crippen LogP contribution is -2.48. The molecule has 1 aromatic carbocycles. The highest BCUT2D eigenvalue weighted by Gasteiger charge is 2.38. The highest BCUT2D eigenvalue weighted by atomic mass is 19.4. The van der Waals surface area contributed by atoms with E-state index < -0.39 is 60.7 Å². The third-order valence-electron chi connectivity index (χ3n) is 6.05. The summed E-state index contributed by atoms with van der Waals surface area (Å²) in [4.78, 5) is 41.5. The lowest BCUT2D eigenvalue weighted by atomic mass is 10.1. The van der Waals surface area contributed by atoms with Crippen LogP contribution in [-0.2, 0) is 34.7 Å². The Bertz CT molecular complexity index is 1240. The number of carbonyl (C=O) groups excluding carboxylic acids is 3. The number of alkyl halides is 3. The van der Waals surface area contributed by atoms with Crippen molar-refractivity contribution < 1.29 is 60.7 Å². The minimum absolute atomic E-state index is 0.0905. The van der Waals surface area contributed by atoms with Gasteiger partial charge in [0.1, 0.15) is 18.0 Å². The molecule has 15 heteroatoms. The fourth-order valence-electron chi connectivity index (χ4n) is 3.95. The van der Waals surface area contributed by atoms with Crippen molar-refractivity contribution in [2.75, 3.05) is 33.7 Å². The van der Waals surface area contributed by atoms with Crippen molar-refractivity contribution in [3.8, 4) is 17.2 Å². The number of cyclic esters (lactones) is 1. The Morgan fingerprint density at radius 1 is 1.14 bits per heavy atom. The Morgan fingerprint density at radius 3 is 2.49 bits per heavy atom. The number of pyridine rings is 1. The molecular formula is C28H33F3N2O10. The summed E-state index contributed by atoms with van der Waals surface area (Å²) in [5.41, 5.74) is -1.11. The number of carbonyl (C=O) groups is 3. The lowest BCUT2D eigenvalue weighted by Gasteiger charge is -2.31. The fourth-order valence-corrected chi connectivity index (χ4v) is 3.95. The predicted molar refractivity (Wildman–Crippen MR) is 142 cm³/mol. The second-order valence-corrected chi connectivity index (χ2v) is 9.31. The van der Waals surface area contributed by atoms with Crippen molar-refractivity contribution in [1.29, 1.82) is 0 Å². The van der Waals surface area contributed by atoms with E-state index in [1.54, 1.807) is 0 Å². The number of benzene rings is 1. The second-order valence-electron chi connectivity index (χ2n) is 9.31. The molecule has 2 aromatic rings. The first-order chi connectivity index (χ1) is 20.4. The molecule has 1 fully saturated rings. The summed E-state index contributed by atoms with van der Waals surface area (Å²) in [5.74, 6) is -2.24. The second kappa shape index (κ2) is 15.4. The Morgan fingerprint density at radius 2 is 1.86 bits per heavy atom. The maximum atomic E-state index is 13.2. The van der Waals surface area contributed by atoms with Gasteiger partial charge in [-0.05, 0) is 37.6 Å². The van der Waals surface area contributed by atoms with Crippen LogP contribution in [0.4, 0.5) is 13.2 Å². The first kappa shape index (κ1) is 33.4. The van der Waals surface area contributed by atoms with Crippen LogP contribution in [0, 0.1) is 0 Å². The van der Waals surface area contributed by atoms with E-state index in [0.29, 0.717) is 13.0 Å². The molecule has 3 rings (SSSR count). The molecule has 1 N–H and O–H groups in total. The average Bonchev–Trinajstić information content (AvgIpc) is 3.00. The summed E-state index contributed by atoms with van der Waals surface area (Å²) in [6, 6.07) is 4.19. The van der Waals surface area contributed by atoms with E-state index in [2.05, 4.69) is 10.3 Å². The normalized spacial score (nSPS) is 21.0. The minimum atomic E-state index is -4.52. The fraction of sp³-hybridized carbons (Fsp3) is 0.500. The zero-order valence-corrected chi connectivity index (χ0v) is 24.0. The molecule has 0 saturated carbocycles. The van der Waals surface area contributed by atoms with E-state index >= 15 is 0 Å². The largest absolute Gasteiger partial charge is 0.493 e. The smallest absolute Gasteiger partial charge is 0.416 e.